The lowest BCUT2D eigenvalue weighted by molar-refractivity contribution is -0.137. The Morgan fingerprint density at radius 2 is 2.05 bits per heavy atom. The summed E-state index contributed by atoms with van der Waals surface area (Å²) in [5, 5.41) is 0. The molecule has 0 spiro atoms. The third kappa shape index (κ3) is 4.98. The summed E-state index contributed by atoms with van der Waals surface area (Å²) in [6.07, 6.45) is 9.64. The molecule has 19 heavy (non-hydrogen) atoms. The van der Waals surface area contributed by atoms with Gasteiger partial charge in [0.2, 0.25) is 0 Å². The van der Waals surface area contributed by atoms with Crippen LogP contribution < -0.4 is 0 Å². The summed E-state index contributed by atoms with van der Waals surface area (Å²) in [6, 6.07) is 0. The van der Waals surface area contributed by atoms with Crippen molar-refractivity contribution in [3.63, 3.8) is 0 Å². The summed E-state index contributed by atoms with van der Waals surface area (Å²) in [7, 11) is 0. The van der Waals surface area contributed by atoms with Crippen LogP contribution in [0.2, 0.25) is 0 Å². The fourth-order valence-corrected chi connectivity index (χ4v) is 2.62. The van der Waals surface area contributed by atoms with E-state index in [9.17, 15) is 4.79 Å². The third-order valence-electron chi connectivity index (χ3n) is 4.23. The summed E-state index contributed by atoms with van der Waals surface area (Å²) in [4.78, 5) is 11.4. The van der Waals surface area contributed by atoms with E-state index >= 15 is 0 Å². The Bertz CT molecular complexity index is 332. The number of rotatable bonds is 6. The molecule has 0 saturated heterocycles. The number of carbonyl (C=O) groups is 1. The van der Waals surface area contributed by atoms with Crippen LogP contribution in [0, 0.1) is 5.92 Å². The first-order chi connectivity index (χ1) is 9.11. The molecule has 0 aromatic rings. The van der Waals surface area contributed by atoms with Crippen molar-refractivity contribution in [3.8, 4) is 0 Å². The summed E-state index contributed by atoms with van der Waals surface area (Å²) in [5.74, 6) is 0.738. The maximum Gasteiger partial charge on any atom is 0.330 e. The number of hydrogen-bond donors (Lipinski definition) is 0. The van der Waals surface area contributed by atoms with Crippen molar-refractivity contribution in [2.45, 2.75) is 64.4 Å². The molecule has 0 radical (unpaired) electrons. The van der Waals surface area contributed by atoms with E-state index in [-0.39, 0.29) is 11.6 Å². The van der Waals surface area contributed by atoms with Crippen molar-refractivity contribution in [1.82, 2.24) is 0 Å². The van der Waals surface area contributed by atoms with E-state index in [2.05, 4.69) is 6.92 Å². The van der Waals surface area contributed by atoms with Gasteiger partial charge in [0.15, 0.2) is 0 Å². The number of carbonyl (C=O) groups excluding carboxylic acids is 1. The second kappa shape index (κ2) is 6.56. The fraction of sp³-hybridized carbons (Fsp3) is 0.812. The van der Waals surface area contributed by atoms with Gasteiger partial charge in [-0.05, 0) is 51.9 Å². The van der Waals surface area contributed by atoms with Gasteiger partial charge in [-0.15, -0.1) is 0 Å². The van der Waals surface area contributed by atoms with Crippen LogP contribution in [-0.4, -0.2) is 24.8 Å². The van der Waals surface area contributed by atoms with E-state index in [0.717, 1.165) is 38.2 Å². The Balaban J connectivity index is 1.71. The summed E-state index contributed by atoms with van der Waals surface area (Å²) in [6.45, 7) is 5.39. The van der Waals surface area contributed by atoms with Crippen LogP contribution >= 0.6 is 0 Å². The Kier molecular flexibility index (Phi) is 5.03. The van der Waals surface area contributed by atoms with Gasteiger partial charge in [-0.1, -0.05) is 18.4 Å². The lowest BCUT2D eigenvalue weighted by Crippen LogP contribution is -2.32. The molecule has 2 aliphatic rings. The van der Waals surface area contributed by atoms with Crippen LogP contribution in [0.3, 0.4) is 0 Å². The van der Waals surface area contributed by atoms with Crippen molar-refractivity contribution in [2.75, 3.05) is 13.2 Å². The highest BCUT2D eigenvalue weighted by molar-refractivity contribution is 5.82. The molecule has 0 amide bonds. The fourth-order valence-electron chi connectivity index (χ4n) is 2.62. The molecule has 3 heteroatoms. The molecule has 0 atom stereocenters. The Hall–Kier alpha value is -0.830. The van der Waals surface area contributed by atoms with Crippen molar-refractivity contribution in [3.05, 3.63) is 11.6 Å². The molecule has 0 aliphatic heterocycles. The molecule has 0 aromatic carbocycles. The van der Waals surface area contributed by atoms with Gasteiger partial charge in [-0.3, -0.25) is 0 Å². The molecule has 0 aromatic heterocycles. The molecule has 2 saturated carbocycles. The third-order valence-corrected chi connectivity index (χ3v) is 4.23. The van der Waals surface area contributed by atoms with E-state index in [0.29, 0.717) is 6.61 Å². The first-order valence-electron chi connectivity index (χ1n) is 7.61. The Morgan fingerprint density at radius 1 is 1.37 bits per heavy atom. The van der Waals surface area contributed by atoms with Gasteiger partial charge in [-0.2, -0.15) is 0 Å². The van der Waals surface area contributed by atoms with Crippen LogP contribution in [0.25, 0.3) is 0 Å². The van der Waals surface area contributed by atoms with Crippen molar-refractivity contribution < 1.29 is 14.3 Å². The van der Waals surface area contributed by atoms with Gasteiger partial charge in [0.1, 0.15) is 0 Å². The van der Waals surface area contributed by atoms with Crippen molar-refractivity contribution in [2.24, 2.45) is 5.92 Å². The maximum absolute atomic E-state index is 11.4. The molecule has 0 heterocycles. The van der Waals surface area contributed by atoms with Gasteiger partial charge in [0, 0.05) is 12.7 Å². The minimum atomic E-state index is -0.198. The molecule has 2 fully saturated rings. The van der Waals surface area contributed by atoms with E-state index in [4.69, 9.17) is 9.47 Å². The number of ether oxygens (including phenoxy) is 2. The van der Waals surface area contributed by atoms with Crippen molar-refractivity contribution in [1.29, 1.82) is 0 Å². The average molecular weight is 266 g/mol. The van der Waals surface area contributed by atoms with E-state index in [1.807, 2.05) is 6.92 Å². The normalized spacial score (nSPS) is 27.2. The number of hydrogen-bond acceptors (Lipinski definition) is 3. The highest BCUT2D eigenvalue weighted by Gasteiger charge is 2.30. The SMILES string of the molecule is CCOC(=O)C=C1CCC(C)(OCCC2CC2)CC1. The molecule has 0 bridgehead atoms. The van der Waals surface area contributed by atoms with Gasteiger partial charge >= 0.3 is 5.97 Å². The van der Waals surface area contributed by atoms with Crippen molar-refractivity contribution >= 4 is 5.97 Å². The van der Waals surface area contributed by atoms with Gasteiger partial charge < -0.3 is 9.47 Å². The Morgan fingerprint density at radius 3 is 2.63 bits per heavy atom. The number of esters is 1. The molecule has 2 rings (SSSR count). The van der Waals surface area contributed by atoms with Gasteiger partial charge in [-0.25, -0.2) is 4.79 Å². The molecule has 0 unspecified atom stereocenters. The molecule has 108 valence electrons. The second-order valence-corrected chi connectivity index (χ2v) is 6.09. The van der Waals surface area contributed by atoms with Crippen LogP contribution in [0.1, 0.15) is 58.8 Å². The smallest absolute Gasteiger partial charge is 0.330 e. The van der Waals surface area contributed by atoms with Crippen LogP contribution in [-0.2, 0) is 14.3 Å². The minimum absolute atomic E-state index is 0.0148. The topological polar surface area (TPSA) is 35.5 Å². The summed E-state index contributed by atoms with van der Waals surface area (Å²) >= 11 is 0. The van der Waals surface area contributed by atoms with Gasteiger partial charge in [0.25, 0.3) is 0 Å². The minimum Gasteiger partial charge on any atom is -0.463 e. The zero-order valence-electron chi connectivity index (χ0n) is 12.2. The zero-order chi connectivity index (χ0) is 13.7. The van der Waals surface area contributed by atoms with E-state index < -0.39 is 0 Å². The predicted octanol–water partition coefficient (Wildman–Crippen LogP) is 3.63. The standard InChI is InChI=1S/C16H26O3/c1-3-18-15(17)12-14-6-9-16(2,10-7-14)19-11-8-13-4-5-13/h12-13H,3-11H2,1-2H3. The molecule has 2 aliphatic carbocycles. The lowest BCUT2D eigenvalue weighted by atomic mass is 9.83. The monoisotopic (exact) mass is 266 g/mol. The average Bonchev–Trinajstić information content (AvgIpc) is 3.17. The van der Waals surface area contributed by atoms with Crippen LogP contribution in [0.15, 0.2) is 11.6 Å². The van der Waals surface area contributed by atoms with E-state index in [1.165, 1.54) is 24.8 Å². The summed E-state index contributed by atoms with van der Waals surface area (Å²) in [5.41, 5.74) is 1.22. The van der Waals surface area contributed by atoms with Crippen LogP contribution in [0.4, 0.5) is 0 Å². The molecule has 3 nitrogen and oxygen atoms in total. The molecular weight excluding hydrogens is 240 g/mol. The maximum atomic E-state index is 11.4. The number of allylic oxidation sites excluding steroid dienone is 1. The molecule has 0 N–H and O–H groups in total. The van der Waals surface area contributed by atoms with Gasteiger partial charge in [0.05, 0.1) is 12.2 Å². The quantitative estimate of drug-likeness (QED) is 0.544. The molecular formula is C16H26O3. The largest absolute Gasteiger partial charge is 0.463 e. The second-order valence-electron chi connectivity index (χ2n) is 6.09. The highest BCUT2D eigenvalue weighted by Crippen LogP contribution is 2.36. The first-order valence-corrected chi connectivity index (χ1v) is 7.61. The highest BCUT2D eigenvalue weighted by atomic mass is 16.5. The zero-order valence-corrected chi connectivity index (χ0v) is 12.2. The van der Waals surface area contributed by atoms with E-state index in [1.54, 1.807) is 6.08 Å². The Labute approximate surface area is 116 Å². The summed E-state index contributed by atoms with van der Waals surface area (Å²) < 4.78 is 11.0. The first kappa shape index (κ1) is 14.6. The lowest BCUT2D eigenvalue weighted by Gasteiger charge is -2.34. The predicted molar refractivity (Wildman–Crippen MR) is 74.9 cm³/mol. The van der Waals surface area contributed by atoms with Crippen LogP contribution in [0.5, 0.6) is 0 Å².